The fourth-order valence-corrected chi connectivity index (χ4v) is 13.4. The number of imide groups is 1. The Kier molecular flexibility index (Phi) is 16.2. The molecule has 82 heavy (non-hydrogen) atoms. The van der Waals surface area contributed by atoms with Crippen LogP contribution in [0.1, 0.15) is 109 Å². The fraction of sp³-hybridized carbons (Fsp3) is 0.393. The number of hydrogen-bond acceptors (Lipinski definition) is 14. The molecule has 0 radical (unpaired) electrons. The van der Waals surface area contributed by atoms with E-state index in [1.54, 1.807) is 35.4 Å². The molecule has 3 aliphatic heterocycles. The topological polar surface area (TPSA) is 241 Å². The summed E-state index contributed by atoms with van der Waals surface area (Å²) in [6.07, 6.45) is 11.1. The maximum atomic E-state index is 14.2. The summed E-state index contributed by atoms with van der Waals surface area (Å²) in [6.45, 7) is 9.99. The summed E-state index contributed by atoms with van der Waals surface area (Å²) >= 11 is 6.27. The monoisotopic (exact) mass is 1150 g/mol. The number of amides is 4. The maximum Gasteiger partial charge on any atom is 0.293 e. The summed E-state index contributed by atoms with van der Waals surface area (Å²) in [5.74, 6) is -1.28. The van der Waals surface area contributed by atoms with Crippen LogP contribution in [0.4, 0.5) is 17.1 Å². The molecule has 428 valence electrons. The smallest absolute Gasteiger partial charge is 0.293 e. The van der Waals surface area contributed by atoms with Crippen molar-refractivity contribution in [3.05, 3.63) is 152 Å². The minimum absolute atomic E-state index is 0.0585. The number of carbonyl (C=O) groups is 4. The van der Waals surface area contributed by atoms with E-state index in [4.69, 9.17) is 16.3 Å². The first kappa shape index (κ1) is 56.2. The van der Waals surface area contributed by atoms with Crippen LogP contribution in [0.5, 0.6) is 11.5 Å². The SMILES string of the molecule is CC1(C)CCC(CN2CCN(c3ccc(C(=O)NS(=O)(=O)c4ccc(NC[C@H]5CC[C@H](NCCc6cccc7c6CN(C6CCC(=O)NC6=O)C7=O)CC5)c([N+](=O)[O-])c4)c(Oc4cnc5[nH]ccc5c4)c3)CC2)=C(c2ccc(Cl)cc2)C1. The van der Waals surface area contributed by atoms with Gasteiger partial charge in [0.1, 0.15) is 28.9 Å². The van der Waals surface area contributed by atoms with Crippen LogP contribution < -0.4 is 30.3 Å². The van der Waals surface area contributed by atoms with Gasteiger partial charge in [0, 0.05) is 98.3 Å². The molecule has 2 saturated heterocycles. The van der Waals surface area contributed by atoms with Crippen LogP contribution >= 0.6 is 11.6 Å². The minimum atomic E-state index is -4.63. The van der Waals surface area contributed by atoms with Crippen LogP contribution in [0.25, 0.3) is 16.6 Å². The number of nitro groups is 1. The van der Waals surface area contributed by atoms with E-state index >= 15 is 0 Å². The summed E-state index contributed by atoms with van der Waals surface area (Å²) < 4.78 is 36.5. The highest BCUT2D eigenvalue weighted by atomic mass is 35.5. The Bertz CT molecular complexity index is 3610. The largest absolute Gasteiger partial charge is 0.455 e. The number of anilines is 2. The number of benzene rings is 4. The molecule has 11 rings (SSSR count). The average Bonchev–Trinajstić information content (AvgIpc) is 4.16. The fourth-order valence-electron chi connectivity index (χ4n) is 12.3. The third kappa shape index (κ3) is 12.5. The number of piperidine rings is 1. The third-order valence-electron chi connectivity index (χ3n) is 17.0. The van der Waals surface area contributed by atoms with Crippen molar-refractivity contribution < 1.29 is 37.3 Å². The molecule has 0 bridgehead atoms. The zero-order valence-corrected chi connectivity index (χ0v) is 47.5. The van der Waals surface area contributed by atoms with Crippen LogP contribution in [0.2, 0.25) is 5.02 Å². The number of hydrogen-bond donors (Lipinski definition) is 5. The number of ether oxygens (including phenoxy) is 1. The molecule has 1 saturated carbocycles. The Morgan fingerprint density at radius 1 is 0.927 bits per heavy atom. The molecule has 4 aromatic carbocycles. The standard InChI is InChI=1S/C61H67ClN10O9S/c1-61(2)23-20-42(50(33-61)40-8-10-43(62)11-9-40)36-69-26-28-70(29-27-69)45-14-16-49(55(31-45)81-46-30-41-22-25-64-57(41)66-35-46)58(74)68-82(79,80)47-15-17-52(54(32-47)72(77)78)65-34-38-6-12-44(13-7-38)63-24-21-39-4-3-5-48-51(39)37-71(60(48)76)53-18-19-56(73)67-59(53)75/h3-5,8-11,14-17,22,25,30-32,35,38,44,53,63,65H,6-7,12-13,18-21,23-24,26-29,33-34,36-37H2,1-2H3,(H,64,66)(H,68,74)(H,67,73,75)/t38-,44-,53?. The zero-order chi connectivity index (χ0) is 57.3. The molecule has 1 unspecified atom stereocenters. The molecule has 3 fully saturated rings. The van der Waals surface area contributed by atoms with Gasteiger partial charge in [-0.15, -0.1) is 0 Å². The van der Waals surface area contributed by atoms with Crippen molar-refractivity contribution in [2.24, 2.45) is 11.3 Å². The van der Waals surface area contributed by atoms with Gasteiger partial charge in [-0.05, 0) is 153 Å². The molecule has 5 aliphatic rings. The van der Waals surface area contributed by atoms with Gasteiger partial charge in [0.2, 0.25) is 11.8 Å². The minimum Gasteiger partial charge on any atom is -0.455 e. The molecular formula is C61H67ClN10O9S. The molecule has 21 heteroatoms. The number of H-pyrrole nitrogens is 1. The number of nitro benzene ring substituents is 1. The number of sulfonamides is 1. The summed E-state index contributed by atoms with van der Waals surface area (Å²) in [7, 11) is -4.63. The predicted molar refractivity (Wildman–Crippen MR) is 313 cm³/mol. The van der Waals surface area contributed by atoms with Crippen molar-refractivity contribution in [2.75, 3.05) is 56.0 Å². The maximum absolute atomic E-state index is 14.2. The molecule has 6 aromatic rings. The number of pyridine rings is 1. The van der Waals surface area contributed by atoms with Gasteiger partial charge in [0.05, 0.1) is 21.6 Å². The highest BCUT2D eigenvalue weighted by molar-refractivity contribution is 7.90. The second kappa shape index (κ2) is 23.7. The molecular weight excluding hydrogens is 1080 g/mol. The van der Waals surface area contributed by atoms with Crippen LogP contribution in [-0.2, 0) is 32.6 Å². The zero-order valence-electron chi connectivity index (χ0n) is 46.0. The van der Waals surface area contributed by atoms with E-state index in [1.807, 2.05) is 30.3 Å². The van der Waals surface area contributed by atoms with Gasteiger partial charge in [-0.25, -0.2) is 18.1 Å². The van der Waals surface area contributed by atoms with Crippen molar-refractivity contribution in [3.63, 3.8) is 0 Å². The first-order valence-corrected chi connectivity index (χ1v) is 30.1. The number of aromatic nitrogens is 2. The summed E-state index contributed by atoms with van der Waals surface area (Å²) in [5, 5.41) is 23.2. The lowest BCUT2D eigenvalue weighted by Gasteiger charge is -2.39. The number of nitrogens with zero attached hydrogens (tertiary/aromatic N) is 5. The van der Waals surface area contributed by atoms with E-state index in [0.717, 1.165) is 97.9 Å². The number of aromatic amines is 1. The van der Waals surface area contributed by atoms with Crippen molar-refractivity contribution in [1.82, 2.24) is 35.1 Å². The first-order valence-electron chi connectivity index (χ1n) is 28.2. The van der Waals surface area contributed by atoms with Gasteiger partial charge in [0.15, 0.2) is 0 Å². The highest BCUT2D eigenvalue weighted by Gasteiger charge is 2.40. The van der Waals surface area contributed by atoms with Gasteiger partial charge in [0.25, 0.3) is 27.5 Å². The van der Waals surface area contributed by atoms with E-state index < -0.39 is 43.4 Å². The summed E-state index contributed by atoms with van der Waals surface area (Å²) in [4.78, 5) is 76.9. The number of nitrogens with one attached hydrogen (secondary N) is 5. The first-order chi connectivity index (χ1) is 39.4. The van der Waals surface area contributed by atoms with Crippen molar-refractivity contribution >= 4 is 78.9 Å². The average molecular weight is 1150 g/mol. The number of halogens is 1. The molecule has 5 N–H and O–H groups in total. The lowest BCUT2D eigenvalue weighted by molar-refractivity contribution is -0.384. The van der Waals surface area contributed by atoms with Gasteiger partial charge in [-0.2, -0.15) is 0 Å². The Morgan fingerprint density at radius 2 is 1.72 bits per heavy atom. The van der Waals surface area contributed by atoms with Crippen LogP contribution in [0, 0.1) is 21.4 Å². The van der Waals surface area contributed by atoms with Crippen molar-refractivity contribution in [1.29, 1.82) is 0 Å². The van der Waals surface area contributed by atoms with Crippen molar-refractivity contribution in [3.8, 4) is 11.5 Å². The summed E-state index contributed by atoms with van der Waals surface area (Å²) in [5.41, 5.74) is 7.93. The number of carbonyl (C=O) groups excluding carboxylic acids is 4. The van der Waals surface area contributed by atoms with Crippen LogP contribution in [0.3, 0.4) is 0 Å². The Labute approximate surface area is 481 Å². The number of allylic oxidation sites excluding steroid dienone is 1. The number of fused-ring (bicyclic) bond motifs is 2. The Morgan fingerprint density at radius 3 is 2.49 bits per heavy atom. The van der Waals surface area contributed by atoms with E-state index in [9.17, 15) is 37.7 Å². The normalized spacial score (nSPS) is 20.4. The second-order valence-electron chi connectivity index (χ2n) is 23.1. The van der Waals surface area contributed by atoms with Crippen molar-refractivity contribution in [2.45, 2.75) is 102 Å². The van der Waals surface area contributed by atoms with Gasteiger partial charge in [-0.1, -0.05) is 55.3 Å². The second-order valence-corrected chi connectivity index (χ2v) is 25.2. The van der Waals surface area contributed by atoms with Crippen LogP contribution in [0.15, 0.2) is 114 Å². The molecule has 4 amide bonds. The van der Waals surface area contributed by atoms with E-state index in [1.165, 1.54) is 41.1 Å². The summed E-state index contributed by atoms with van der Waals surface area (Å²) in [6, 6.07) is 25.6. The lowest BCUT2D eigenvalue weighted by atomic mass is 9.72. The van der Waals surface area contributed by atoms with E-state index in [2.05, 4.69) is 66.4 Å². The van der Waals surface area contributed by atoms with Gasteiger partial charge < -0.3 is 30.2 Å². The molecule has 2 aliphatic carbocycles. The number of rotatable bonds is 18. The van der Waals surface area contributed by atoms with Gasteiger partial charge in [-0.3, -0.25) is 39.5 Å². The quantitative estimate of drug-likeness (QED) is 0.0306. The van der Waals surface area contributed by atoms with Crippen LogP contribution in [-0.4, -0.2) is 115 Å². The molecule has 1 atom stereocenters. The van der Waals surface area contributed by atoms with E-state index in [0.29, 0.717) is 62.5 Å². The molecule has 19 nitrogen and oxygen atoms in total. The van der Waals surface area contributed by atoms with E-state index in [-0.39, 0.29) is 52.6 Å². The molecule has 2 aromatic heterocycles. The molecule has 0 spiro atoms. The lowest BCUT2D eigenvalue weighted by Crippen LogP contribution is -2.52. The Balaban J connectivity index is 0.706. The van der Waals surface area contributed by atoms with Gasteiger partial charge >= 0.3 is 0 Å². The number of piperazine rings is 1. The Hall–Kier alpha value is -7.65. The molecule has 5 heterocycles. The highest BCUT2D eigenvalue weighted by Crippen LogP contribution is 2.44. The third-order valence-corrected chi connectivity index (χ3v) is 18.6. The predicted octanol–water partition coefficient (Wildman–Crippen LogP) is 9.39.